The van der Waals surface area contributed by atoms with Crippen LogP contribution in [0.15, 0.2) is 28.7 Å². The van der Waals surface area contributed by atoms with Crippen LogP contribution in [-0.2, 0) is 11.2 Å². The first-order valence-corrected chi connectivity index (χ1v) is 5.71. The second kappa shape index (κ2) is 4.91. The highest BCUT2D eigenvalue weighted by Gasteiger charge is 2.14. The van der Waals surface area contributed by atoms with E-state index in [4.69, 9.17) is 4.74 Å². The van der Waals surface area contributed by atoms with Gasteiger partial charge in [0.2, 0.25) is 0 Å². The van der Waals surface area contributed by atoms with Crippen molar-refractivity contribution in [3.63, 3.8) is 0 Å². The second-order valence-electron chi connectivity index (χ2n) is 3.49. The lowest BCUT2D eigenvalue weighted by Crippen LogP contribution is -2.39. The van der Waals surface area contributed by atoms with Crippen LogP contribution in [0, 0.1) is 0 Å². The molecule has 14 heavy (non-hydrogen) atoms. The molecular formula is C11H14BrNO. The van der Waals surface area contributed by atoms with Crippen molar-refractivity contribution in [3.8, 4) is 0 Å². The Morgan fingerprint density at radius 1 is 1.43 bits per heavy atom. The van der Waals surface area contributed by atoms with Gasteiger partial charge in [0.05, 0.1) is 12.7 Å². The highest BCUT2D eigenvalue weighted by atomic mass is 79.9. The van der Waals surface area contributed by atoms with E-state index in [2.05, 4.69) is 39.4 Å². The number of benzene rings is 1. The summed E-state index contributed by atoms with van der Waals surface area (Å²) in [6.07, 6.45) is 1.30. The zero-order chi connectivity index (χ0) is 9.80. The molecule has 0 aromatic heterocycles. The van der Waals surface area contributed by atoms with E-state index >= 15 is 0 Å². The monoisotopic (exact) mass is 255 g/mol. The van der Waals surface area contributed by atoms with Gasteiger partial charge in [0.1, 0.15) is 0 Å². The van der Waals surface area contributed by atoms with E-state index in [9.17, 15) is 0 Å². The van der Waals surface area contributed by atoms with E-state index in [1.54, 1.807) is 0 Å². The molecule has 1 aliphatic heterocycles. The lowest BCUT2D eigenvalue weighted by atomic mass is 10.1. The Labute approximate surface area is 92.8 Å². The van der Waals surface area contributed by atoms with Crippen molar-refractivity contribution >= 4 is 15.9 Å². The molecule has 1 aromatic rings. The number of nitrogens with one attached hydrogen (secondary N) is 1. The molecule has 1 aliphatic rings. The van der Waals surface area contributed by atoms with Crippen molar-refractivity contribution in [1.29, 1.82) is 0 Å². The summed E-state index contributed by atoms with van der Waals surface area (Å²) in [5.74, 6) is 0. The van der Waals surface area contributed by atoms with Gasteiger partial charge in [-0.25, -0.2) is 0 Å². The summed E-state index contributed by atoms with van der Waals surface area (Å²) in [6.45, 7) is 2.77. The first-order valence-electron chi connectivity index (χ1n) is 4.92. The molecule has 1 heterocycles. The van der Waals surface area contributed by atoms with E-state index in [-0.39, 0.29) is 0 Å². The molecule has 0 bridgehead atoms. The molecule has 2 rings (SSSR count). The number of halogens is 1. The maximum Gasteiger partial charge on any atom is 0.0740 e. The van der Waals surface area contributed by atoms with Crippen LogP contribution in [0.25, 0.3) is 0 Å². The van der Waals surface area contributed by atoms with E-state index in [1.165, 1.54) is 10.0 Å². The lowest BCUT2D eigenvalue weighted by Gasteiger charge is -2.23. The van der Waals surface area contributed by atoms with Crippen LogP contribution in [0.2, 0.25) is 0 Å². The van der Waals surface area contributed by atoms with Gasteiger partial charge in [0, 0.05) is 24.0 Å². The van der Waals surface area contributed by atoms with Crippen molar-refractivity contribution in [2.45, 2.75) is 12.5 Å². The largest absolute Gasteiger partial charge is 0.375 e. The molecule has 1 atom stereocenters. The maximum atomic E-state index is 5.65. The molecule has 1 aromatic carbocycles. The second-order valence-corrected chi connectivity index (χ2v) is 4.35. The molecule has 1 unspecified atom stereocenters. The third-order valence-corrected chi connectivity index (χ3v) is 3.18. The normalized spacial score (nSPS) is 22.2. The molecule has 3 heteroatoms. The highest BCUT2D eigenvalue weighted by molar-refractivity contribution is 9.10. The first-order chi connectivity index (χ1) is 6.86. The van der Waals surface area contributed by atoms with Crippen molar-refractivity contribution in [3.05, 3.63) is 34.3 Å². The van der Waals surface area contributed by atoms with Crippen LogP contribution >= 0.6 is 15.9 Å². The Hall–Kier alpha value is -0.380. The first kappa shape index (κ1) is 10.1. The quantitative estimate of drug-likeness (QED) is 0.873. The summed E-state index contributed by atoms with van der Waals surface area (Å²) in [5, 5.41) is 3.33. The fraction of sp³-hybridized carbons (Fsp3) is 0.455. The number of rotatable bonds is 2. The number of morpholine rings is 1. The van der Waals surface area contributed by atoms with Gasteiger partial charge >= 0.3 is 0 Å². The Morgan fingerprint density at radius 2 is 2.29 bits per heavy atom. The van der Waals surface area contributed by atoms with Gasteiger partial charge in [-0.2, -0.15) is 0 Å². The predicted molar refractivity (Wildman–Crippen MR) is 60.5 cm³/mol. The summed E-state index contributed by atoms with van der Waals surface area (Å²) in [7, 11) is 0. The number of hydrogen-bond donors (Lipinski definition) is 1. The van der Waals surface area contributed by atoms with Gasteiger partial charge < -0.3 is 10.1 Å². The zero-order valence-electron chi connectivity index (χ0n) is 8.00. The van der Waals surface area contributed by atoms with Gasteiger partial charge in [-0.15, -0.1) is 0 Å². The summed E-state index contributed by atoms with van der Waals surface area (Å²) < 4.78 is 6.83. The van der Waals surface area contributed by atoms with E-state index in [1.807, 2.05) is 6.07 Å². The third-order valence-electron chi connectivity index (χ3n) is 2.41. The van der Waals surface area contributed by atoms with Crippen LogP contribution < -0.4 is 5.32 Å². The average Bonchev–Trinajstić information content (AvgIpc) is 2.23. The molecule has 0 amide bonds. The molecule has 0 saturated carbocycles. The van der Waals surface area contributed by atoms with Gasteiger partial charge in [0.15, 0.2) is 0 Å². The number of ether oxygens (including phenoxy) is 1. The maximum absolute atomic E-state index is 5.65. The third kappa shape index (κ3) is 2.56. The van der Waals surface area contributed by atoms with Crippen LogP contribution in [0.1, 0.15) is 5.56 Å². The molecule has 0 aliphatic carbocycles. The van der Waals surface area contributed by atoms with Crippen molar-refractivity contribution in [1.82, 2.24) is 5.32 Å². The minimum Gasteiger partial charge on any atom is -0.375 e. The Morgan fingerprint density at radius 3 is 3.00 bits per heavy atom. The Balaban J connectivity index is 1.99. The molecule has 0 radical (unpaired) electrons. The van der Waals surface area contributed by atoms with E-state index < -0.39 is 0 Å². The smallest absolute Gasteiger partial charge is 0.0740 e. The van der Waals surface area contributed by atoms with Gasteiger partial charge in [-0.3, -0.25) is 0 Å². The molecule has 76 valence electrons. The molecule has 1 fully saturated rings. The fourth-order valence-electron chi connectivity index (χ4n) is 1.66. The van der Waals surface area contributed by atoms with Crippen molar-refractivity contribution in [2.75, 3.05) is 19.7 Å². The zero-order valence-corrected chi connectivity index (χ0v) is 9.59. The minimum atomic E-state index is 0.322. The molecular weight excluding hydrogens is 242 g/mol. The van der Waals surface area contributed by atoms with Crippen LogP contribution in [0.4, 0.5) is 0 Å². The highest BCUT2D eigenvalue weighted by Crippen LogP contribution is 2.18. The fourth-order valence-corrected chi connectivity index (χ4v) is 2.11. The standard InChI is InChI=1S/C11H14BrNO/c12-11-4-2-1-3-9(11)7-10-8-13-5-6-14-10/h1-4,10,13H,5-8H2. The van der Waals surface area contributed by atoms with Crippen LogP contribution in [-0.4, -0.2) is 25.8 Å². The predicted octanol–water partition coefficient (Wildman–Crippen LogP) is 1.98. The van der Waals surface area contributed by atoms with Gasteiger partial charge in [-0.1, -0.05) is 34.1 Å². The SMILES string of the molecule is Brc1ccccc1CC1CNCCO1. The summed E-state index contributed by atoms with van der Waals surface area (Å²) in [4.78, 5) is 0. The molecule has 2 nitrogen and oxygen atoms in total. The van der Waals surface area contributed by atoms with E-state index in [0.29, 0.717) is 6.10 Å². The summed E-state index contributed by atoms with van der Waals surface area (Å²) in [5.41, 5.74) is 1.32. The molecule has 0 spiro atoms. The molecule has 1 saturated heterocycles. The molecule has 1 N–H and O–H groups in total. The topological polar surface area (TPSA) is 21.3 Å². The summed E-state index contributed by atoms with van der Waals surface area (Å²) >= 11 is 3.55. The van der Waals surface area contributed by atoms with Crippen LogP contribution in [0.3, 0.4) is 0 Å². The minimum absolute atomic E-state index is 0.322. The van der Waals surface area contributed by atoms with Crippen molar-refractivity contribution < 1.29 is 4.74 Å². The lowest BCUT2D eigenvalue weighted by molar-refractivity contribution is 0.0291. The summed E-state index contributed by atoms with van der Waals surface area (Å²) in [6, 6.07) is 8.32. The van der Waals surface area contributed by atoms with Crippen molar-refractivity contribution in [2.24, 2.45) is 0 Å². The van der Waals surface area contributed by atoms with E-state index in [0.717, 1.165) is 26.1 Å². The Kier molecular flexibility index (Phi) is 3.56. The number of hydrogen-bond acceptors (Lipinski definition) is 2. The average molecular weight is 256 g/mol. The van der Waals surface area contributed by atoms with Gasteiger partial charge in [0.25, 0.3) is 0 Å². The van der Waals surface area contributed by atoms with Crippen LogP contribution in [0.5, 0.6) is 0 Å². The Bertz CT molecular complexity index is 297. The van der Waals surface area contributed by atoms with Gasteiger partial charge in [-0.05, 0) is 11.6 Å².